The molecule has 1 saturated heterocycles. The Balaban J connectivity index is 1.96. The van der Waals surface area contributed by atoms with Crippen LogP contribution in [0.1, 0.15) is 26.2 Å². The van der Waals surface area contributed by atoms with Crippen LogP contribution in [0.5, 0.6) is 0 Å². The fourth-order valence-electron chi connectivity index (χ4n) is 2.45. The average Bonchev–Trinajstić information content (AvgIpc) is 2.42. The van der Waals surface area contributed by atoms with Crippen molar-refractivity contribution in [2.45, 2.75) is 32.2 Å². The van der Waals surface area contributed by atoms with Gasteiger partial charge in [0, 0.05) is 26.2 Å². The summed E-state index contributed by atoms with van der Waals surface area (Å²) in [4.78, 5) is 14.3. The zero-order valence-electron chi connectivity index (χ0n) is 11.5. The van der Waals surface area contributed by atoms with Gasteiger partial charge in [0.15, 0.2) is 0 Å². The number of hydrogen-bond acceptors (Lipinski definition) is 4. The lowest BCUT2D eigenvalue weighted by atomic mass is 10.0. The molecule has 1 aromatic rings. The van der Waals surface area contributed by atoms with Gasteiger partial charge in [-0.05, 0) is 41.7 Å². The van der Waals surface area contributed by atoms with Crippen molar-refractivity contribution in [1.82, 2.24) is 14.7 Å². The van der Waals surface area contributed by atoms with E-state index >= 15 is 0 Å². The van der Waals surface area contributed by atoms with Crippen molar-refractivity contribution in [3.63, 3.8) is 0 Å². The standard InChI is InChI=1S/C13H21BrN4O/c1-3-6-18-7-4-10(5-8-18)16-11-9-15-17(2)13(19)12(11)14/h9-10,16H,3-8H2,1-2H3. The number of nitrogens with one attached hydrogen (secondary N) is 1. The van der Waals surface area contributed by atoms with Gasteiger partial charge >= 0.3 is 0 Å². The summed E-state index contributed by atoms with van der Waals surface area (Å²) in [5, 5.41) is 7.48. The van der Waals surface area contributed by atoms with E-state index < -0.39 is 0 Å². The molecule has 1 aliphatic heterocycles. The SMILES string of the molecule is CCCN1CCC(Nc2cnn(C)c(=O)c2Br)CC1. The molecule has 2 rings (SSSR count). The van der Waals surface area contributed by atoms with Crippen LogP contribution in [0.25, 0.3) is 0 Å². The van der Waals surface area contributed by atoms with Gasteiger partial charge in [0.25, 0.3) is 5.56 Å². The number of likely N-dealkylation sites (tertiary alicyclic amines) is 1. The summed E-state index contributed by atoms with van der Waals surface area (Å²) < 4.78 is 1.90. The molecule has 106 valence electrons. The molecular weight excluding hydrogens is 308 g/mol. The van der Waals surface area contributed by atoms with E-state index in [1.165, 1.54) is 17.6 Å². The maximum Gasteiger partial charge on any atom is 0.282 e. The first kappa shape index (κ1) is 14.5. The van der Waals surface area contributed by atoms with Crippen LogP contribution in [0, 0.1) is 0 Å². The molecule has 1 fully saturated rings. The molecule has 2 heterocycles. The Bertz CT molecular complexity index is 480. The molecule has 0 saturated carbocycles. The highest BCUT2D eigenvalue weighted by Gasteiger charge is 2.19. The van der Waals surface area contributed by atoms with E-state index in [9.17, 15) is 4.79 Å². The maximum absolute atomic E-state index is 11.8. The Morgan fingerprint density at radius 3 is 2.79 bits per heavy atom. The molecule has 1 aliphatic rings. The van der Waals surface area contributed by atoms with Gasteiger partial charge < -0.3 is 10.2 Å². The molecule has 0 bridgehead atoms. The number of rotatable bonds is 4. The summed E-state index contributed by atoms with van der Waals surface area (Å²) in [6.45, 7) is 5.65. The van der Waals surface area contributed by atoms with Crippen LogP contribution in [0.4, 0.5) is 5.69 Å². The van der Waals surface area contributed by atoms with Crippen molar-refractivity contribution >= 4 is 21.6 Å². The lowest BCUT2D eigenvalue weighted by Gasteiger charge is -2.32. The van der Waals surface area contributed by atoms with Gasteiger partial charge in [0.05, 0.1) is 11.9 Å². The van der Waals surface area contributed by atoms with Crippen LogP contribution in [0.15, 0.2) is 15.5 Å². The van der Waals surface area contributed by atoms with E-state index in [0.29, 0.717) is 10.5 Å². The number of nitrogens with zero attached hydrogens (tertiary/aromatic N) is 3. The van der Waals surface area contributed by atoms with Gasteiger partial charge in [-0.3, -0.25) is 4.79 Å². The Labute approximate surface area is 122 Å². The summed E-state index contributed by atoms with van der Waals surface area (Å²) in [6.07, 6.45) is 5.15. The summed E-state index contributed by atoms with van der Waals surface area (Å²) in [5.74, 6) is 0. The van der Waals surface area contributed by atoms with Crippen molar-refractivity contribution < 1.29 is 0 Å². The number of anilines is 1. The second-order valence-corrected chi connectivity index (χ2v) is 5.85. The molecular formula is C13H21BrN4O. The summed E-state index contributed by atoms with van der Waals surface area (Å²) in [6, 6.07) is 0.429. The Hall–Kier alpha value is -0.880. The average molecular weight is 329 g/mol. The summed E-state index contributed by atoms with van der Waals surface area (Å²) in [7, 11) is 1.65. The van der Waals surface area contributed by atoms with E-state index in [1.807, 2.05) is 0 Å². The largest absolute Gasteiger partial charge is 0.380 e. The summed E-state index contributed by atoms with van der Waals surface area (Å²) >= 11 is 3.35. The minimum absolute atomic E-state index is 0.103. The first-order valence-corrected chi connectivity index (χ1v) is 7.61. The zero-order chi connectivity index (χ0) is 13.8. The van der Waals surface area contributed by atoms with Gasteiger partial charge in [-0.2, -0.15) is 5.10 Å². The minimum atomic E-state index is -0.103. The van der Waals surface area contributed by atoms with Crippen molar-refractivity contribution in [2.24, 2.45) is 7.05 Å². The lowest BCUT2D eigenvalue weighted by molar-refractivity contribution is 0.219. The monoisotopic (exact) mass is 328 g/mol. The second-order valence-electron chi connectivity index (χ2n) is 5.06. The minimum Gasteiger partial charge on any atom is -0.380 e. The summed E-state index contributed by atoms with van der Waals surface area (Å²) in [5.41, 5.74) is 0.700. The molecule has 5 nitrogen and oxygen atoms in total. The molecule has 0 atom stereocenters. The fourth-order valence-corrected chi connectivity index (χ4v) is 2.92. The lowest BCUT2D eigenvalue weighted by Crippen LogP contribution is -2.39. The van der Waals surface area contributed by atoms with Gasteiger partial charge in [-0.1, -0.05) is 6.92 Å². The Morgan fingerprint density at radius 1 is 1.47 bits per heavy atom. The number of piperidine rings is 1. The highest BCUT2D eigenvalue weighted by atomic mass is 79.9. The molecule has 1 N–H and O–H groups in total. The number of aryl methyl sites for hydroxylation is 1. The number of halogens is 1. The molecule has 1 aromatic heterocycles. The zero-order valence-corrected chi connectivity index (χ0v) is 13.1. The fraction of sp³-hybridized carbons (Fsp3) is 0.692. The molecule has 0 aliphatic carbocycles. The molecule has 0 unspecified atom stereocenters. The smallest absolute Gasteiger partial charge is 0.282 e. The van der Waals surface area contributed by atoms with Crippen molar-refractivity contribution in [1.29, 1.82) is 0 Å². The third-order valence-electron chi connectivity index (χ3n) is 3.57. The van der Waals surface area contributed by atoms with E-state index in [0.717, 1.165) is 31.6 Å². The topological polar surface area (TPSA) is 50.2 Å². The van der Waals surface area contributed by atoms with Gasteiger partial charge in [0.1, 0.15) is 4.47 Å². The molecule has 0 amide bonds. The van der Waals surface area contributed by atoms with Gasteiger partial charge in [0.2, 0.25) is 0 Å². The number of hydrogen-bond donors (Lipinski definition) is 1. The third-order valence-corrected chi connectivity index (χ3v) is 4.33. The molecule has 0 aromatic carbocycles. The van der Waals surface area contributed by atoms with Crippen molar-refractivity contribution in [3.8, 4) is 0 Å². The van der Waals surface area contributed by atoms with Crippen LogP contribution in [-0.2, 0) is 7.05 Å². The molecule has 6 heteroatoms. The Morgan fingerprint density at radius 2 is 2.16 bits per heavy atom. The molecule has 0 spiro atoms. The van der Waals surface area contributed by atoms with E-state index in [2.05, 4.69) is 38.2 Å². The maximum atomic E-state index is 11.8. The van der Waals surface area contributed by atoms with Gasteiger partial charge in [-0.25, -0.2) is 4.68 Å². The highest BCUT2D eigenvalue weighted by molar-refractivity contribution is 9.10. The second kappa shape index (κ2) is 6.52. The van der Waals surface area contributed by atoms with Gasteiger partial charge in [-0.15, -0.1) is 0 Å². The third kappa shape index (κ3) is 3.57. The quantitative estimate of drug-likeness (QED) is 0.916. The number of aromatic nitrogens is 2. The first-order chi connectivity index (χ1) is 9.11. The van der Waals surface area contributed by atoms with Crippen LogP contribution in [-0.4, -0.2) is 40.4 Å². The first-order valence-electron chi connectivity index (χ1n) is 6.82. The predicted molar refractivity (Wildman–Crippen MR) is 80.6 cm³/mol. The van der Waals surface area contributed by atoms with Crippen LogP contribution >= 0.6 is 15.9 Å². The molecule has 19 heavy (non-hydrogen) atoms. The van der Waals surface area contributed by atoms with Crippen molar-refractivity contribution in [3.05, 3.63) is 21.0 Å². The van der Waals surface area contributed by atoms with Crippen LogP contribution in [0.3, 0.4) is 0 Å². The van der Waals surface area contributed by atoms with Crippen LogP contribution < -0.4 is 10.9 Å². The van der Waals surface area contributed by atoms with E-state index in [4.69, 9.17) is 0 Å². The van der Waals surface area contributed by atoms with Crippen LogP contribution in [0.2, 0.25) is 0 Å². The normalized spacial score (nSPS) is 17.6. The van der Waals surface area contributed by atoms with E-state index in [1.54, 1.807) is 13.2 Å². The molecule has 0 radical (unpaired) electrons. The van der Waals surface area contributed by atoms with E-state index in [-0.39, 0.29) is 5.56 Å². The highest BCUT2D eigenvalue weighted by Crippen LogP contribution is 2.21. The predicted octanol–water partition coefficient (Wildman–Crippen LogP) is 1.83. The Kier molecular flexibility index (Phi) is 4.99. The van der Waals surface area contributed by atoms with Crippen molar-refractivity contribution in [2.75, 3.05) is 25.0 Å².